The SMILES string of the molecule is CC(C)(C)N1CCC2(C1=O)C(c1ccccc1)=CC=CC2N1C(=O)c2ccccc2C1=O. The van der Waals surface area contributed by atoms with Gasteiger partial charge in [0.05, 0.1) is 17.2 Å². The van der Waals surface area contributed by atoms with Gasteiger partial charge in [0.25, 0.3) is 11.8 Å². The van der Waals surface area contributed by atoms with Crippen LogP contribution in [0, 0.1) is 5.41 Å². The van der Waals surface area contributed by atoms with E-state index in [1.165, 1.54) is 4.90 Å². The Bertz CT molecular complexity index is 1150. The van der Waals surface area contributed by atoms with Crippen LogP contribution < -0.4 is 0 Å². The van der Waals surface area contributed by atoms with E-state index in [4.69, 9.17) is 0 Å². The molecule has 2 atom stereocenters. The van der Waals surface area contributed by atoms with Crippen LogP contribution in [0.2, 0.25) is 0 Å². The van der Waals surface area contributed by atoms with Crippen molar-refractivity contribution in [1.29, 1.82) is 0 Å². The summed E-state index contributed by atoms with van der Waals surface area (Å²) in [6.45, 7) is 6.63. The van der Waals surface area contributed by atoms with Crippen LogP contribution in [0.4, 0.5) is 0 Å². The van der Waals surface area contributed by atoms with Crippen LogP contribution in [0.15, 0.2) is 72.8 Å². The third kappa shape index (κ3) is 2.73. The molecule has 3 amide bonds. The van der Waals surface area contributed by atoms with Gasteiger partial charge in [0.1, 0.15) is 5.41 Å². The summed E-state index contributed by atoms with van der Waals surface area (Å²) in [5.74, 6) is -0.710. The number of rotatable bonds is 2. The fourth-order valence-corrected chi connectivity index (χ4v) is 5.37. The molecule has 3 aliphatic rings. The molecule has 0 aromatic heterocycles. The monoisotopic (exact) mass is 426 g/mol. The maximum Gasteiger partial charge on any atom is 0.262 e. The van der Waals surface area contributed by atoms with Crippen molar-refractivity contribution in [3.05, 3.63) is 89.5 Å². The molecule has 0 radical (unpaired) electrons. The van der Waals surface area contributed by atoms with Gasteiger partial charge in [-0.15, -0.1) is 0 Å². The molecule has 32 heavy (non-hydrogen) atoms. The van der Waals surface area contributed by atoms with E-state index < -0.39 is 11.5 Å². The second-order valence-electron chi connectivity index (χ2n) is 9.65. The van der Waals surface area contributed by atoms with Gasteiger partial charge >= 0.3 is 0 Å². The molecule has 1 aliphatic carbocycles. The predicted octanol–water partition coefficient (Wildman–Crippen LogP) is 4.32. The lowest BCUT2D eigenvalue weighted by atomic mass is 9.67. The van der Waals surface area contributed by atoms with E-state index in [-0.39, 0.29) is 23.3 Å². The summed E-state index contributed by atoms with van der Waals surface area (Å²) in [5, 5.41) is 0. The number of carbonyl (C=O) groups excluding carboxylic acids is 3. The molecule has 1 spiro atoms. The first-order valence-corrected chi connectivity index (χ1v) is 11.0. The highest BCUT2D eigenvalue weighted by molar-refractivity contribution is 6.22. The highest BCUT2D eigenvalue weighted by Gasteiger charge is 2.60. The molecule has 2 unspecified atom stereocenters. The number of benzene rings is 2. The topological polar surface area (TPSA) is 57.7 Å². The first-order chi connectivity index (χ1) is 15.3. The number of hydrogen-bond acceptors (Lipinski definition) is 3. The maximum absolute atomic E-state index is 14.2. The molecule has 2 heterocycles. The number of nitrogens with zero attached hydrogens (tertiary/aromatic N) is 2. The van der Waals surface area contributed by atoms with Crippen LogP contribution in [0.5, 0.6) is 0 Å². The summed E-state index contributed by atoms with van der Waals surface area (Å²) in [4.78, 5) is 44.2. The Hall–Kier alpha value is -3.47. The second kappa shape index (κ2) is 7.02. The number of imide groups is 1. The number of carbonyl (C=O) groups is 3. The molecule has 5 nitrogen and oxygen atoms in total. The summed E-state index contributed by atoms with van der Waals surface area (Å²) < 4.78 is 0. The van der Waals surface area contributed by atoms with Crippen LogP contribution in [0.25, 0.3) is 5.57 Å². The summed E-state index contributed by atoms with van der Waals surface area (Å²) >= 11 is 0. The highest BCUT2D eigenvalue weighted by atomic mass is 16.2. The minimum Gasteiger partial charge on any atom is -0.337 e. The Balaban J connectivity index is 1.68. The number of likely N-dealkylation sites (tertiary alicyclic amines) is 1. The van der Waals surface area contributed by atoms with Crippen molar-refractivity contribution in [3.8, 4) is 0 Å². The van der Waals surface area contributed by atoms with Crippen LogP contribution >= 0.6 is 0 Å². The summed E-state index contributed by atoms with van der Waals surface area (Å²) in [6.07, 6.45) is 6.22. The van der Waals surface area contributed by atoms with Gasteiger partial charge in [-0.2, -0.15) is 0 Å². The Morgan fingerprint density at radius 3 is 2.03 bits per heavy atom. The van der Waals surface area contributed by atoms with Crippen molar-refractivity contribution in [2.24, 2.45) is 5.41 Å². The number of fused-ring (bicyclic) bond motifs is 1. The zero-order valence-corrected chi connectivity index (χ0v) is 18.5. The Labute approximate surface area is 188 Å². The van der Waals surface area contributed by atoms with Gasteiger partial charge < -0.3 is 4.90 Å². The Morgan fingerprint density at radius 1 is 0.875 bits per heavy atom. The van der Waals surface area contributed by atoms with E-state index >= 15 is 0 Å². The maximum atomic E-state index is 14.2. The molecule has 1 fully saturated rings. The van der Waals surface area contributed by atoms with Gasteiger partial charge in [0, 0.05) is 12.1 Å². The molecule has 0 saturated carbocycles. The second-order valence-corrected chi connectivity index (χ2v) is 9.65. The molecular weight excluding hydrogens is 400 g/mol. The minimum atomic E-state index is -1.02. The van der Waals surface area contributed by atoms with Gasteiger partial charge in [-0.3, -0.25) is 19.3 Å². The molecule has 0 bridgehead atoms. The van der Waals surface area contributed by atoms with Crippen molar-refractivity contribution in [2.45, 2.75) is 38.8 Å². The molecule has 0 N–H and O–H groups in total. The molecular formula is C27H26N2O3. The van der Waals surface area contributed by atoms with Crippen molar-refractivity contribution in [3.63, 3.8) is 0 Å². The fraction of sp³-hybridized carbons (Fsp3) is 0.296. The third-order valence-corrected chi connectivity index (χ3v) is 6.90. The zero-order valence-electron chi connectivity index (χ0n) is 18.5. The highest BCUT2D eigenvalue weighted by Crippen LogP contribution is 2.52. The third-order valence-electron chi connectivity index (χ3n) is 6.90. The molecule has 162 valence electrons. The molecule has 2 aromatic carbocycles. The fourth-order valence-electron chi connectivity index (χ4n) is 5.37. The lowest BCUT2D eigenvalue weighted by molar-refractivity contribution is -0.138. The average molecular weight is 427 g/mol. The molecule has 5 rings (SSSR count). The minimum absolute atomic E-state index is 0.0361. The normalized spacial score (nSPS) is 25.0. The van der Waals surface area contributed by atoms with Gasteiger partial charge in [-0.1, -0.05) is 60.7 Å². The van der Waals surface area contributed by atoms with Crippen molar-refractivity contribution >= 4 is 23.3 Å². The van der Waals surface area contributed by atoms with Gasteiger partial charge in [-0.05, 0) is 50.5 Å². The molecule has 1 saturated heterocycles. The first-order valence-electron chi connectivity index (χ1n) is 11.0. The largest absolute Gasteiger partial charge is 0.337 e. The first kappa shape index (κ1) is 20.4. The van der Waals surface area contributed by atoms with E-state index in [0.717, 1.165) is 11.1 Å². The van der Waals surface area contributed by atoms with Crippen LogP contribution in [0.3, 0.4) is 0 Å². The Morgan fingerprint density at radius 2 is 1.47 bits per heavy atom. The van der Waals surface area contributed by atoms with Gasteiger partial charge in [0.15, 0.2) is 0 Å². The van der Waals surface area contributed by atoms with Crippen LogP contribution in [-0.2, 0) is 4.79 Å². The van der Waals surface area contributed by atoms with Crippen molar-refractivity contribution in [2.75, 3.05) is 6.54 Å². The van der Waals surface area contributed by atoms with Crippen LogP contribution in [-0.4, -0.2) is 45.6 Å². The van der Waals surface area contributed by atoms with Crippen LogP contribution in [0.1, 0.15) is 53.5 Å². The molecule has 2 aromatic rings. The van der Waals surface area contributed by atoms with E-state index in [1.807, 2.05) is 74.2 Å². The molecule has 5 heteroatoms. The van der Waals surface area contributed by atoms with E-state index in [0.29, 0.717) is 24.1 Å². The van der Waals surface area contributed by atoms with Gasteiger partial charge in [-0.25, -0.2) is 0 Å². The zero-order chi connectivity index (χ0) is 22.7. The van der Waals surface area contributed by atoms with Crippen molar-refractivity contribution in [1.82, 2.24) is 9.80 Å². The predicted molar refractivity (Wildman–Crippen MR) is 123 cm³/mol. The standard InChI is InChI=1S/C27H26N2O3/c1-26(2,3)28-17-16-27(25(28)32)21(18-10-5-4-6-11-18)14-9-15-22(27)29-23(30)19-12-7-8-13-20(19)24(29)31/h4-15,22H,16-17H2,1-3H3. The lowest BCUT2D eigenvalue weighted by Crippen LogP contribution is -2.56. The average Bonchev–Trinajstić information content (AvgIpc) is 3.25. The van der Waals surface area contributed by atoms with Crippen molar-refractivity contribution < 1.29 is 14.4 Å². The van der Waals surface area contributed by atoms with E-state index in [2.05, 4.69) is 0 Å². The smallest absolute Gasteiger partial charge is 0.262 e. The number of hydrogen-bond donors (Lipinski definition) is 0. The van der Waals surface area contributed by atoms with E-state index in [9.17, 15) is 14.4 Å². The lowest BCUT2D eigenvalue weighted by Gasteiger charge is -2.43. The summed E-state index contributed by atoms with van der Waals surface area (Å²) in [7, 11) is 0. The van der Waals surface area contributed by atoms with E-state index in [1.54, 1.807) is 24.3 Å². The quantitative estimate of drug-likeness (QED) is 0.672. The summed E-state index contributed by atoms with van der Waals surface area (Å²) in [5.41, 5.74) is 1.21. The van der Waals surface area contributed by atoms with Gasteiger partial charge in [0.2, 0.25) is 5.91 Å². The molecule has 2 aliphatic heterocycles. The number of amides is 3. The Kier molecular flexibility index (Phi) is 4.48. The summed E-state index contributed by atoms with van der Waals surface area (Å²) in [6, 6.07) is 16.0. The number of allylic oxidation sites excluding steroid dienone is 2.